The first-order valence-electron chi connectivity index (χ1n) is 11.2. The third kappa shape index (κ3) is 4.37. The fraction of sp³-hybridized carbons (Fsp3) is 0.522. The minimum Gasteiger partial charge on any atom is -0.335 e. The molecule has 7 nitrogen and oxygen atoms in total. The van der Waals surface area contributed by atoms with Crippen molar-refractivity contribution in [3.8, 4) is 0 Å². The van der Waals surface area contributed by atoms with E-state index in [0.29, 0.717) is 17.0 Å². The van der Waals surface area contributed by atoms with Gasteiger partial charge in [0.05, 0.1) is 0 Å². The van der Waals surface area contributed by atoms with Crippen LogP contribution in [0.5, 0.6) is 0 Å². The van der Waals surface area contributed by atoms with Crippen LogP contribution in [0.3, 0.4) is 0 Å². The summed E-state index contributed by atoms with van der Waals surface area (Å²) in [6.45, 7) is 6.86. The van der Waals surface area contributed by atoms with E-state index in [9.17, 15) is 9.59 Å². The molecule has 0 atom stereocenters. The van der Waals surface area contributed by atoms with Crippen molar-refractivity contribution in [3.63, 3.8) is 0 Å². The fourth-order valence-electron chi connectivity index (χ4n) is 4.84. The first kappa shape index (κ1) is 20.6. The van der Waals surface area contributed by atoms with Crippen LogP contribution in [0.4, 0.5) is 0 Å². The first-order valence-corrected chi connectivity index (χ1v) is 12.1. The number of benzene rings is 1. The highest BCUT2D eigenvalue weighted by atomic mass is 32.1. The number of rotatable bonds is 4. The van der Waals surface area contributed by atoms with E-state index in [1.165, 1.54) is 29.7 Å². The molecule has 5 rings (SSSR count). The summed E-state index contributed by atoms with van der Waals surface area (Å²) in [6.07, 6.45) is 4.02. The Morgan fingerprint density at radius 3 is 2.29 bits per heavy atom. The number of aromatic nitrogens is 1. The van der Waals surface area contributed by atoms with Crippen LogP contribution in [-0.4, -0.2) is 89.9 Å². The predicted molar refractivity (Wildman–Crippen MR) is 121 cm³/mol. The summed E-state index contributed by atoms with van der Waals surface area (Å²) in [5.41, 5.74) is 2.14. The molecule has 1 aromatic heterocycles. The van der Waals surface area contributed by atoms with Crippen molar-refractivity contribution < 1.29 is 9.59 Å². The van der Waals surface area contributed by atoms with Gasteiger partial charge in [0.1, 0.15) is 0 Å². The summed E-state index contributed by atoms with van der Waals surface area (Å²) in [7, 11) is 0. The van der Waals surface area contributed by atoms with Crippen LogP contribution in [0.15, 0.2) is 35.8 Å². The molecule has 0 unspecified atom stereocenters. The molecule has 2 aromatic rings. The largest absolute Gasteiger partial charge is 0.335 e. The maximum absolute atomic E-state index is 12.9. The predicted octanol–water partition coefficient (Wildman–Crippen LogP) is 1.89. The summed E-state index contributed by atoms with van der Waals surface area (Å²) in [5, 5.41) is 5.81. The lowest BCUT2D eigenvalue weighted by atomic mass is 9.89. The lowest BCUT2D eigenvalue weighted by Gasteiger charge is -2.48. The maximum atomic E-state index is 12.9. The standard InChI is InChI=1S/C23H29N5O2S/c29-22(19-3-1-17(2-4-19)18-5-7-24-8-6-18)28-15-20(16-28)26-10-12-27(13-11-26)23(30)21-25-9-14-31-21/h1-4,9,14,18,20,24H,5-8,10-13,15-16H2. The Bertz CT molecular complexity index is 897. The Morgan fingerprint density at radius 2 is 1.65 bits per heavy atom. The summed E-state index contributed by atoms with van der Waals surface area (Å²) in [6, 6.07) is 8.67. The molecule has 2 amide bonds. The Labute approximate surface area is 187 Å². The van der Waals surface area contributed by atoms with Crippen LogP contribution in [0.2, 0.25) is 0 Å². The number of nitrogens with zero attached hydrogens (tertiary/aromatic N) is 4. The van der Waals surface area contributed by atoms with Gasteiger partial charge in [-0.05, 0) is 49.5 Å². The monoisotopic (exact) mass is 439 g/mol. The average molecular weight is 440 g/mol. The van der Waals surface area contributed by atoms with E-state index < -0.39 is 0 Å². The van der Waals surface area contributed by atoms with Crippen molar-refractivity contribution >= 4 is 23.2 Å². The zero-order valence-electron chi connectivity index (χ0n) is 17.7. The van der Waals surface area contributed by atoms with E-state index in [-0.39, 0.29) is 11.8 Å². The topological polar surface area (TPSA) is 68.8 Å². The first-order chi connectivity index (χ1) is 15.2. The second-order valence-electron chi connectivity index (χ2n) is 8.68. The van der Waals surface area contributed by atoms with Crippen LogP contribution < -0.4 is 5.32 Å². The second kappa shape index (κ2) is 9.06. The van der Waals surface area contributed by atoms with Gasteiger partial charge < -0.3 is 15.1 Å². The van der Waals surface area contributed by atoms with E-state index in [0.717, 1.165) is 57.9 Å². The lowest BCUT2D eigenvalue weighted by molar-refractivity contribution is 0.00853. The average Bonchev–Trinajstić information content (AvgIpc) is 3.34. The molecule has 3 aliphatic rings. The molecule has 8 heteroatoms. The molecule has 0 saturated carbocycles. The quantitative estimate of drug-likeness (QED) is 0.788. The lowest BCUT2D eigenvalue weighted by Crippen LogP contribution is -2.64. The number of amides is 2. The fourth-order valence-corrected chi connectivity index (χ4v) is 5.44. The van der Waals surface area contributed by atoms with Gasteiger partial charge in [-0.3, -0.25) is 14.5 Å². The van der Waals surface area contributed by atoms with Crippen molar-refractivity contribution in [2.45, 2.75) is 24.8 Å². The third-order valence-electron chi connectivity index (χ3n) is 6.85. The maximum Gasteiger partial charge on any atom is 0.282 e. The number of likely N-dealkylation sites (tertiary alicyclic amines) is 1. The van der Waals surface area contributed by atoms with Crippen molar-refractivity contribution in [2.24, 2.45) is 0 Å². The SMILES string of the molecule is O=C(c1ccc(C2CCNCC2)cc1)N1CC(N2CCN(C(=O)c3nccs3)CC2)C1. The van der Waals surface area contributed by atoms with Crippen molar-refractivity contribution in [3.05, 3.63) is 52.0 Å². The van der Waals surface area contributed by atoms with Gasteiger partial charge in [0.25, 0.3) is 11.8 Å². The van der Waals surface area contributed by atoms with E-state index >= 15 is 0 Å². The normalized spacial score (nSPS) is 21.2. The molecule has 31 heavy (non-hydrogen) atoms. The molecule has 0 aliphatic carbocycles. The molecule has 3 fully saturated rings. The highest BCUT2D eigenvalue weighted by Crippen LogP contribution is 2.26. The molecule has 3 saturated heterocycles. The minimum absolute atomic E-state index is 0.0352. The van der Waals surface area contributed by atoms with Crippen molar-refractivity contribution in [1.82, 2.24) is 25.0 Å². The molecule has 1 N–H and O–H groups in total. The molecular formula is C23H29N5O2S. The van der Waals surface area contributed by atoms with Crippen LogP contribution in [-0.2, 0) is 0 Å². The Balaban J connectivity index is 1.09. The van der Waals surface area contributed by atoms with Gasteiger partial charge in [0.15, 0.2) is 5.01 Å². The number of nitrogens with one attached hydrogen (secondary N) is 1. The summed E-state index contributed by atoms with van der Waals surface area (Å²) in [4.78, 5) is 35.7. The summed E-state index contributed by atoms with van der Waals surface area (Å²) >= 11 is 1.39. The van der Waals surface area contributed by atoms with E-state index in [2.05, 4.69) is 27.3 Å². The van der Waals surface area contributed by atoms with Crippen molar-refractivity contribution in [2.75, 3.05) is 52.4 Å². The second-order valence-corrected chi connectivity index (χ2v) is 9.57. The zero-order valence-corrected chi connectivity index (χ0v) is 18.5. The molecule has 1 aromatic carbocycles. The van der Waals surface area contributed by atoms with Gasteiger partial charge in [0.2, 0.25) is 0 Å². The number of piperidine rings is 1. The van der Waals surface area contributed by atoms with Crippen LogP contribution in [0.25, 0.3) is 0 Å². The number of hydrogen-bond donors (Lipinski definition) is 1. The minimum atomic E-state index is 0.0352. The highest BCUT2D eigenvalue weighted by Gasteiger charge is 2.37. The Morgan fingerprint density at radius 1 is 0.935 bits per heavy atom. The number of carbonyl (C=O) groups is 2. The smallest absolute Gasteiger partial charge is 0.282 e. The van der Waals surface area contributed by atoms with Crippen LogP contribution in [0.1, 0.15) is 44.5 Å². The molecule has 0 spiro atoms. The number of thiazole rings is 1. The van der Waals surface area contributed by atoms with Gasteiger partial charge >= 0.3 is 0 Å². The molecule has 164 valence electrons. The number of hydrogen-bond acceptors (Lipinski definition) is 6. The van der Waals surface area contributed by atoms with Crippen LogP contribution in [0, 0.1) is 0 Å². The van der Waals surface area contributed by atoms with Crippen LogP contribution >= 0.6 is 11.3 Å². The van der Waals surface area contributed by atoms with Gasteiger partial charge in [-0.25, -0.2) is 4.98 Å². The molecule has 4 heterocycles. The third-order valence-corrected chi connectivity index (χ3v) is 7.61. The van der Waals surface area contributed by atoms with E-state index in [4.69, 9.17) is 0 Å². The zero-order chi connectivity index (χ0) is 21.2. The van der Waals surface area contributed by atoms with Gasteiger partial charge in [0, 0.05) is 62.5 Å². The van der Waals surface area contributed by atoms with Crippen molar-refractivity contribution in [1.29, 1.82) is 0 Å². The van der Waals surface area contributed by atoms with E-state index in [1.807, 2.05) is 27.3 Å². The highest BCUT2D eigenvalue weighted by molar-refractivity contribution is 7.11. The molecule has 3 aliphatic heterocycles. The van der Waals surface area contributed by atoms with Gasteiger partial charge in [-0.2, -0.15) is 0 Å². The van der Waals surface area contributed by atoms with Gasteiger partial charge in [-0.15, -0.1) is 11.3 Å². The molecular weight excluding hydrogens is 410 g/mol. The molecule has 0 radical (unpaired) electrons. The Kier molecular flexibility index (Phi) is 6.02. The van der Waals surface area contributed by atoms with Gasteiger partial charge in [-0.1, -0.05) is 12.1 Å². The Hall–Kier alpha value is -2.29. The number of carbonyl (C=O) groups excluding carboxylic acids is 2. The molecule has 0 bridgehead atoms. The van der Waals surface area contributed by atoms with E-state index in [1.54, 1.807) is 6.20 Å². The summed E-state index contributed by atoms with van der Waals surface area (Å²) in [5.74, 6) is 0.777. The summed E-state index contributed by atoms with van der Waals surface area (Å²) < 4.78 is 0. The number of piperazine rings is 1.